The van der Waals surface area contributed by atoms with Gasteiger partial charge in [0.25, 0.3) is 0 Å². The van der Waals surface area contributed by atoms with Crippen LogP contribution in [0.3, 0.4) is 0 Å². The van der Waals surface area contributed by atoms with Crippen molar-refractivity contribution in [1.82, 2.24) is 5.32 Å². The molecule has 0 radical (unpaired) electrons. The van der Waals surface area contributed by atoms with E-state index in [9.17, 15) is 14.4 Å². The van der Waals surface area contributed by atoms with Crippen LogP contribution in [0.2, 0.25) is 0 Å². The number of esters is 1. The predicted octanol–water partition coefficient (Wildman–Crippen LogP) is 2.13. The molecule has 1 aliphatic heterocycles. The summed E-state index contributed by atoms with van der Waals surface area (Å²) in [6.07, 6.45) is 3.70. The van der Waals surface area contributed by atoms with Gasteiger partial charge >= 0.3 is 5.97 Å². The van der Waals surface area contributed by atoms with Gasteiger partial charge in [0.1, 0.15) is 6.10 Å². The molecule has 1 saturated heterocycles. The number of fused-ring (bicyclic) bond motifs is 1. The Bertz CT molecular complexity index is 652. The summed E-state index contributed by atoms with van der Waals surface area (Å²) in [5, 5.41) is 2.68. The van der Waals surface area contributed by atoms with Gasteiger partial charge in [-0.15, -0.1) is 0 Å². The quantitative estimate of drug-likeness (QED) is 0.685. The van der Waals surface area contributed by atoms with Crippen LogP contribution < -0.4 is 5.32 Å². The number of benzene rings is 1. The van der Waals surface area contributed by atoms with Crippen molar-refractivity contribution < 1.29 is 19.1 Å². The Kier molecular flexibility index (Phi) is 4.46. The summed E-state index contributed by atoms with van der Waals surface area (Å²) in [7, 11) is 0. The molecule has 1 aromatic rings. The van der Waals surface area contributed by atoms with Gasteiger partial charge in [0.15, 0.2) is 5.78 Å². The number of ether oxygens (including phenoxy) is 1. The molecule has 1 amide bonds. The first kappa shape index (κ1) is 15.7. The summed E-state index contributed by atoms with van der Waals surface area (Å²) >= 11 is 0. The van der Waals surface area contributed by atoms with Crippen molar-refractivity contribution in [2.75, 3.05) is 6.54 Å². The number of hydrogen-bond acceptors (Lipinski definition) is 4. The highest BCUT2D eigenvalue weighted by atomic mass is 16.6. The molecule has 0 aromatic heterocycles. The zero-order chi connectivity index (χ0) is 16.4. The van der Waals surface area contributed by atoms with Crippen molar-refractivity contribution >= 4 is 17.7 Å². The lowest BCUT2D eigenvalue weighted by Crippen LogP contribution is -2.30. The first-order valence-electron chi connectivity index (χ1n) is 8.15. The normalized spacial score (nSPS) is 23.9. The molecule has 1 unspecified atom stereocenters. The fourth-order valence-electron chi connectivity index (χ4n) is 3.35. The average Bonchev–Trinajstić information content (AvgIpc) is 2.79. The monoisotopic (exact) mass is 315 g/mol. The van der Waals surface area contributed by atoms with Crippen LogP contribution in [-0.2, 0) is 20.7 Å². The third-order valence-corrected chi connectivity index (χ3v) is 4.58. The Labute approximate surface area is 135 Å². The number of carbonyl (C=O) groups is 3. The van der Waals surface area contributed by atoms with Gasteiger partial charge in [-0.05, 0) is 30.4 Å². The lowest BCUT2D eigenvalue weighted by atomic mass is 9.91. The minimum Gasteiger partial charge on any atom is -0.460 e. The van der Waals surface area contributed by atoms with Crippen molar-refractivity contribution in [1.29, 1.82) is 0 Å². The highest BCUT2D eigenvalue weighted by molar-refractivity contribution is 5.98. The van der Waals surface area contributed by atoms with E-state index in [1.165, 1.54) is 6.92 Å². The van der Waals surface area contributed by atoms with E-state index in [1.54, 1.807) is 0 Å². The topological polar surface area (TPSA) is 72.5 Å². The largest absolute Gasteiger partial charge is 0.460 e. The zero-order valence-electron chi connectivity index (χ0n) is 13.3. The Morgan fingerprint density at radius 3 is 2.83 bits per heavy atom. The van der Waals surface area contributed by atoms with Crippen LogP contribution in [0.1, 0.15) is 60.0 Å². The smallest absolute Gasteiger partial charge is 0.313 e. The fourth-order valence-corrected chi connectivity index (χ4v) is 3.35. The standard InChI is InChI=1S/C18H21NO4/c1-11(20)19-10-14-9-16(18(22)23-14)13-6-7-15-12(8-13)4-2-3-5-17(15)21/h6-8,14,16H,2-5,9-10H2,1H3,(H,19,20)/t14?,16-/m0/s1. The highest BCUT2D eigenvalue weighted by Gasteiger charge is 2.36. The van der Waals surface area contributed by atoms with Gasteiger partial charge < -0.3 is 10.1 Å². The Hall–Kier alpha value is -2.17. The molecule has 2 aliphatic rings. The number of rotatable bonds is 3. The number of aryl methyl sites for hydroxylation is 1. The minimum atomic E-state index is -0.308. The van der Waals surface area contributed by atoms with Crippen LogP contribution in [0.25, 0.3) is 0 Å². The molecular formula is C18H21NO4. The predicted molar refractivity (Wildman–Crippen MR) is 84.2 cm³/mol. The summed E-state index contributed by atoms with van der Waals surface area (Å²) in [5.41, 5.74) is 2.75. The molecule has 2 atom stereocenters. The molecule has 5 heteroatoms. The van der Waals surface area contributed by atoms with Gasteiger partial charge in [-0.3, -0.25) is 14.4 Å². The summed E-state index contributed by atoms with van der Waals surface area (Å²) in [6.45, 7) is 1.79. The molecule has 0 spiro atoms. The number of nitrogens with one attached hydrogen (secondary N) is 1. The molecular weight excluding hydrogens is 294 g/mol. The maximum absolute atomic E-state index is 12.1. The van der Waals surface area contributed by atoms with E-state index < -0.39 is 0 Å². The zero-order valence-corrected chi connectivity index (χ0v) is 13.3. The molecule has 1 aliphatic carbocycles. The van der Waals surface area contributed by atoms with Crippen molar-refractivity contribution in [3.8, 4) is 0 Å². The second kappa shape index (κ2) is 6.52. The van der Waals surface area contributed by atoms with Crippen molar-refractivity contribution in [2.24, 2.45) is 0 Å². The van der Waals surface area contributed by atoms with Crippen LogP contribution in [-0.4, -0.2) is 30.3 Å². The Morgan fingerprint density at radius 1 is 1.26 bits per heavy atom. The molecule has 3 rings (SSSR count). The molecule has 1 aromatic carbocycles. The number of hydrogen-bond donors (Lipinski definition) is 1. The van der Waals surface area contributed by atoms with E-state index >= 15 is 0 Å². The summed E-state index contributed by atoms with van der Waals surface area (Å²) in [5.74, 6) is -0.493. The first-order chi connectivity index (χ1) is 11.0. The van der Waals surface area contributed by atoms with E-state index in [0.717, 1.165) is 36.0 Å². The van der Waals surface area contributed by atoms with Crippen LogP contribution in [0, 0.1) is 0 Å². The number of carbonyl (C=O) groups excluding carboxylic acids is 3. The third-order valence-electron chi connectivity index (χ3n) is 4.58. The minimum absolute atomic E-state index is 0.131. The molecule has 122 valence electrons. The van der Waals surface area contributed by atoms with Gasteiger partial charge in [-0.2, -0.15) is 0 Å². The summed E-state index contributed by atoms with van der Waals surface area (Å²) in [4.78, 5) is 35.2. The number of ketones is 1. The number of amides is 1. The third kappa shape index (κ3) is 3.44. The van der Waals surface area contributed by atoms with E-state index in [0.29, 0.717) is 19.4 Å². The summed E-state index contributed by atoms with van der Waals surface area (Å²) < 4.78 is 5.35. The summed E-state index contributed by atoms with van der Waals surface area (Å²) in [6, 6.07) is 5.72. The van der Waals surface area contributed by atoms with Crippen molar-refractivity contribution in [3.63, 3.8) is 0 Å². The van der Waals surface area contributed by atoms with Crippen LogP contribution in [0.15, 0.2) is 18.2 Å². The second-order valence-electron chi connectivity index (χ2n) is 6.33. The van der Waals surface area contributed by atoms with E-state index in [-0.39, 0.29) is 29.7 Å². The van der Waals surface area contributed by atoms with Gasteiger partial charge in [0.05, 0.1) is 12.5 Å². The van der Waals surface area contributed by atoms with Gasteiger partial charge in [-0.25, -0.2) is 0 Å². The van der Waals surface area contributed by atoms with E-state index in [1.807, 2.05) is 18.2 Å². The van der Waals surface area contributed by atoms with Crippen LogP contribution >= 0.6 is 0 Å². The SMILES string of the molecule is CC(=O)NCC1C[C@@H](c2ccc3c(c2)CCCCC3=O)C(=O)O1. The van der Waals surface area contributed by atoms with Gasteiger partial charge in [0, 0.05) is 25.3 Å². The van der Waals surface area contributed by atoms with E-state index in [4.69, 9.17) is 4.74 Å². The van der Waals surface area contributed by atoms with Crippen molar-refractivity contribution in [3.05, 3.63) is 34.9 Å². The van der Waals surface area contributed by atoms with E-state index in [2.05, 4.69) is 5.32 Å². The molecule has 5 nitrogen and oxygen atoms in total. The molecule has 23 heavy (non-hydrogen) atoms. The fraction of sp³-hybridized carbons (Fsp3) is 0.500. The Morgan fingerprint density at radius 2 is 2.04 bits per heavy atom. The molecule has 1 N–H and O–H groups in total. The average molecular weight is 315 g/mol. The first-order valence-corrected chi connectivity index (χ1v) is 8.15. The van der Waals surface area contributed by atoms with Crippen molar-refractivity contribution in [2.45, 2.75) is 51.0 Å². The lowest BCUT2D eigenvalue weighted by Gasteiger charge is -2.11. The van der Waals surface area contributed by atoms with Crippen LogP contribution in [0.4, 0.5) is 0 Å². The highest BCUT2D eigenvalue weighted by Crippen LogP contribution is 2.33. The maximum Gasteiger partial charge on any atom is 0.313 e. The Balaban J connectivity index is 1.77. The molecule has 0 saturated carbocycles. The lowest BCUT2D eigenvalue weighted by molar-refractivity contribution is -0.142. The molecule has 1 fully saturated rings. The van der Waals surface area contributed by atoms with Gasteiger partial charge in [-0.1, -0.05) is 18.2 Å². The van der Waals surface area contributed by atoms with Gasteiger partial charge in [0.2, 0.25) is 5.91 Å². The second-order valence-corrected chi connectivity index (χ2v) is 6.33. The maximum atomic E-state index is 12.1. The molecule has 1 heterocycles. The number of Topliss-reactive ketones (excluding diaryl/α,β-unsaturated/α-hetero) is 1. The molecule has 0 bridgehead atoms. The number of cyclic esters (lactones) is 1. The van der Waals surface area contributed by atoms with Crippen LogP contribution in [0.5, 0.6) is 0 Å².